The van der Waals surface area contributed by atoms with Crippen LogP contribution in [-0.2, 0) is 6.18 Å². The molecule has 0 atom stereocenters. The molecule has 1 aliphatic rings. The number of carbonyl (C=O) groups is 1. The van der Waals surface area contributed by atoms with Gasteiger partial charge in [0.2, 0.25) is 5.88 Å². The Morgan fingerprint density at radius 3 is 2.69 bits per heavy atom. The van der Waals surface area contributed by atoms with E-state index in [1.807, 2.05) is 0 Å². The molecule has 2 aromatic heterocycles. The van der Waals surface area contributed by atoms with Crippen LogP contribution in [0.15, 0.2) is 61.1 Å². The molecule has 7 nitrogen and oxygen atoms in total. The van der Waals surface area contributed by atoms with Crippen LogP contribution in [-0.4, -0.2) is 33.6 Å². The van der Waals surface area contributed by atoms with Crippen LogP contribution in [0.3, 0.4) is 0 Å². The summed E-state index contributed by atoms with van der Waals surface area (Å²) in [6.07, 6.45) is -1.50. The van der Waals surface area contributed by atoms with E-state index in [1.54, 1.807) is 41.1 Å². The maximum absolute atomic E-state index is 13.1. The lowest BCUT2D eigenvalue weighted by atomic mass is 10.1. The molecule has 0 bridgehead atoms. The summed E-state index contributed by atoms with van der Waals surface area (Å²) < 4.78 is 46.6. The van der Waals surface area contributed by atoms with Crippen LogP contribution in [0, 0.1) is 0 Å². The van der Waals surface area contributed by atoms with E-state index in [0.29, 0.717) is 16.9 Å². The first-order chi connectivity index (χ1) is 15.3. The summed E-state index contributed by atoms with van der Waals surface area (Å²) in [7, 11) is 0. The highest BCUT2D eigenvalue weighted by molar-refractivity contribution is 6.11. The number of ether oxygens (including phenoxy) is 1. The van der Waals surface area contributed by atoms with Crippen molar-refractivity contribution in [1.29, 1.82) is 0 Å². The first kappa shape index (κ1) is 19.9. The highest BCUT2D eigenvalue weighted by Gasteiger charge is 2.31. The van der Waals surface area contributed by atoms with Crippen molar-refractivity contribution in [2.24, 2.45) is 0 Å². The molecule has 10 heteroatoms. The number of hydrogen-bond acceptors (Lipinski definition) is 5. The van der Waals surface area contributed by atoms with E-state index in [2.05, 4.69) is 9.97 Å². The van der Waals surface area contributed by atoms with Gasteiger partial charge in [0.15, 0.2) is 0 Å². The minimum atomic E-state index is -4.43. The molecule has 32 heavy (non-hydrogen) atoms. The molecule has 0 saturated carbocycles. The molecular weight excluding hydrogens is 423 g/mol. The standard InChI is InChI=1S/C22H16F3N5O2/c23-22(24,25)14-2-1-3-15(11-14)29-7-6-13-10-16(4-5-17(13)29)30-8-9-32-20-18(21(30)31)19(26)27-12-28-20/h1-7,10-12H,8-9H2,(H2,26,27,28). The number of fused-ring (bicyclic) bond motifs is 2. The normalized spacial score (nSPS) is 14.2. The lowest BCUT2D eigenvalue weighted by Gasteiger charge is -2.20. The molecule has 0 radical (unpaired) electrons. The van der Waals surface area contributed by atoms with Crippen LogP contribution >= 0.6 is 0 Å². The second-order valence-electron chi connectivity index (χ2n) is 7.22. The maximum atomic E-state index is 13.1. The number of alkyl halides is 3. The maximum Gasteiger partial charge on any atom is 0.416 e. The molecule has 0 spiro atoms. The summed E-state index contributed by atoms with van der Waals surface area (Å²) in [6.45, 7) is 0.493. The van der Waals surface area contributed by atoms with Gasteiger partial charge in [0.25, 0.3) is 5.91 Å². The Kier molecular flexibility index (Phi) is 4.50. The molecule has 2 N–H and O–H groups in total. The van der Waals surface area contributed by atoms with Crippen molar-refractivity contribution in [3.8, 4) is 11.6 Å². The van der Waals surface area contributed by atoms with Crippen molar-refractivity contribution in [3.05, 3.63) is 72.2 Å². The van der Waals surface area contributed by atoms with Crippen LogP contribution in [0.25, 0.3) is 16.6 Å². The van der Waals surface area contributed by atoms with Gasteiger partial charge in [-0.25, -0.2) is 9.97 Å². The van der Waals surface area contributed by atoms with Crippen molar-refractivity contribution in [2.75, 3.05) is 23.8 Å². The van der Waals surface area contributed by atoms with Gasteiger partial charge in [0, 0.05) is 23.0 Å². The number of anilines is 2. The second kappa shape index (κ2) is 7.26. The lowest BCUT2D eigenvalue weighted by molar-refractivity contribution is -0.137. The van der Waals surface area contributed by atoms with Gasteiger partial charge in [0.1, 0.15) is 24.3 Å². The van der Waals surface area contributed by atoms with Crippen LogP contribution in [0.2, 0.25) is 0 Å². The van der Waals surface area contributed by atoms with Gasteiger partial charge in [-0.3, -0.25) is 4.79 Å². The summed E-state index contributed by atoms with van der Waals surface area (Å²) in [5.41, 5.74) is 6.96. The number of nitrogens with two attached hydrogens (primary N) is 1. The van der Waals surface area contributed by atoms with Crippen molar-refractivity contribution in [1.82, 2.24) is 14.5 Å². The smallest absolute Gasteiger partial charge is 0.416 e. The summed E-state index contributed by atoms with van der Waals surface area (Å²) in [5, 5.41) is 0.760. The predicted molar refractivity (Wildman–Crippen MR) is 112 cm³/mol. The summed E-state index contributed by atoms with van der Waals surface area (Å²) in [4.78, 5) is 22.5. The van der Waals surface area contributed by atoms with Gasteiger partial charge in [0.05, 0.1) is 17.6 Å². The molecule has 1 amide bonds. The lowest BCUT2D eigenvalue weighted by Crippen LogP contribution is -2.32. The Morgan fingerprint density at radius 1 is 1.03 bits per heavy atom. The van der Waals surface area contributed by atoms with E-state index in [4.69, 9.17) is 10.5 Å². The predicted octanol–water partition coefficient (Wildman–Crippen LogP) is 4.06. The fourth-order valence-electron chi connectivity index (χ4n) is 3.76. The number of rotatable bonds is 2. The Bertz CT molecular complexity index is 1350. The van der Waals surface area contributed by atoms with Crippen molar-refractivity contribution < 1.29 is 22.7 Å². The third-order valence-corrected chi connectivity index (χ3v) is 5.29. The SMILES string of the molecule is Nc1ncnc2c1C(=O)N(c1ccc3c(ccn3-c3cccc(C(F)(F)F)c3)c1)CCO2. The van der Waals surface area contributed by atoms with Crippen molar-refractivity contribution in [3.63, 3.8) is 0 Å². The summed E-state index contributed by atoms with van der Waals surface area (Å²) in [5.74, 6) is -0.210. The van der Waals surface area contributed by atoms with E-state index in [9.17, 15) is 18.0 Å². The molecule has 2 aromatic carbocycles. The van der Waals surface area contributed by atoms with E-state index in [1.165, 1.54) is 17.3 Å². The van der Waals surface area contributed by atoms with Gasteiger partial charge in [-0.15, -0.1) is 0 Å². The zero-order chi connectivity index (χ0) is 22.5. The van der Waals surface area contributed by atoms with E-state index < -0.39 is 11.7 Å². The zero-order valence-corrected chi connectivity index (χ0v) is 16.5. The van der Waals surface area contributed by atoms with Crippen molar-refractivity contribution >= 4 is 28.3 Å². The van der Waals surface area contributed by atoms with Crippen LogP contribution < -0.4 is 15.4 Å². The molecule has 162 valence electrons. The zero-order valence-electron chi connectivity index (χ0n) is 16.5. The Morgan fingerprint density at radius 2 is 1.88 bits per heavy atom. The molecular formula is C22H16F3N5O2. The number of benzene rings is 2. The van der Waals surface area contributed by atoms with Gasteiger partial charge >= 0.3 is 6.18 Å². The number of halogens is 3. The largest absolute Gasteiger partial charge is 0.475 e. The summed E-state index contributed by atoms with van der Waals surface area (Å²) in [6, 6.07) is 12.2. The number of nitrogen functional groups attached to an aromatic ring is 1. The molecule has 5 rings (SSSR count). The monoisotopic (exact) mass is 439 g/mol. The fourth-order valence-corrected chi connectivity index (χ4v) is 3.76. The molecule has 0 saturated heterocycles. The molecule has 0 fully saturated rings. The Balaban J connectivity index is 1.54. The van der Waals surface area contributed by atoms with Crippen LogP contribution in [0.1, 0.15) is 15.9 Å². The Labute approximate surface area is 179 Å². The minimum Gasteiger partial charge on any atom is -0.475 e. The van der Waals surface area contributed by atoms with E-state index >= 15 is 0 Å². The topological polar surface area (TPSA) is 86.3 Å². The Hall–Kier alpha value is -4.08. The molecule has 4 aromatic rings. The molecule has 0 aliphatic carbocycles. The van der Waals surface area contributed by atoms with Crippen LogP contribution in [0.5, 0.6) is 5.88 Å². The van der Waals surface area contributed by atoms with Gasteiger partial charge in [-0.1, -0.05) is 6.07 Å². The number of amides is 1. The quantitative estimate of drug-likeness (QED) is 0.509. The average molecular weight is 439 g/mol. The highest BCUT2D eigenvalue weighted by atomic mass is 19.4. The van der Waals surface area contributed by atoms with Gasteiger partial charge < -0.3 is 19.9 Å². The highest BCUT2D eigenvalue weighted by Crippen LogP contribution is 2.33. The third kappa shape index (κ3) is 3.29. The van der Waals surface area contributed by atoms with Gasteiger partial charge in [-0.2, -0.15) is 13.2 Å². The number of aromatic nitrogens is 3. The number of carbonyl (C=O) groups excluding carboxylic acids is 1. The summed E-state index contributed by atoms with van der Waals surface area (Å²) >= 11 is 0. The second-order valence-corrected chi connectivity index (χ2v) is 7.22. The number of nitrogens with zero attached hydrogens (tertiary/aromatic N) is 4. The fraction of sp³-hybridized carbons (Fsp3) is 0.136. The third-order valence-electron chi connectivity index (χ3n) is 5.29. The number of hydrogen-bond donors (Lipinski definition) is 1. The van der Waals surface area contributed by atoms with E-state index in [-0.39, 0.29) is 36.3 Å². The van der Waals surface area contributed by atoms with Crippen molar-refractivity contribution in [2.45, 2.75) is 6.18 Å². The minimum absolute atomic E-state index is 0.0312. The first-order valence-corrected chi connectivity index (χ1v) is 9.67. The first-order valence-electron chi connectivity index (χ1n) is 9.67. The van der Waals surface area contributed by atoms with Crippen LogP contribution in [0.4, 0.5) is 24.7 Å². The molecule has 1 aliphatic heterocycles. The molecule has 3 heterocycles. The average Bonchev–Trinajstić information content (AvgIpc) is 3.11. The molecule has 0 unspecified atom stereocenters. The van der Waals surface area contributed by atoms with Gasteiger partial charge in [-0.05, 0) is 42.5 Å². The van der Waals surface area contributed by atoms with E-state index in [0.717, 1.165) is 17.5 Å².